The molecule has 4 nitrogen and oxygen atoms in total. The summed E-state index contributed by atoms with van der Waals surface area (Å²) in [5, 5.41) is 14.4. The molecule has 0 fully saturated rings. The maximum Gasteiger partial charge on any atom is 0.139 e. The smallest absolute Gasteiger partial charge is 0.139 e. The van der Waals surface area contributed by atoms with Crippen LogP contribution >= 0.6 is 0 Å². The van der Waals surface area contributed by atoms with Gasteiger partial charge in [0.15, 0.2) is 0 Å². The lowest BCUT2D eigenvalue weighted by molar-refractivity contribution is 0.316. The van der Waals surface area contributed by atoms with Crippen molar-refractivity contribution in [3.8, 4) is 0 Å². The van der Waals surface area contributed by atoms with Gasteiger partial charge in [0.1, 0.15) is 5.84 Å². The standard InChI is InChI=1S/C9H19N3O/c1-2-3-4-7-11-8-5-6-9(10)12-13/h2-3,11,13H,4-8H2,1H3,(H2,10,12)/b3-2+. The number of hydrogen-bond acceptors (Lipinski definition) is 3. The second-order valence-corrected chi connectivity index (χ2v) is 2.80. The second kappa shape index (κ2) is 9.06. The third-order valence-corrected chi connectivity index (χ3v) is 1.64. The minimum absolute atomic E-state index is 0.301. The molecule has 0 rings (SSSR count). The largest absolute Gasteiger partial charge is 0.409 e. The van der Waals surface area contributed by atoms with Crippen LogP contribution in [0.4, 0.5) is 0 Å². The van der Waals surface area contributed by atoms with Crippen molar-refractivity contribution in [2.45, 2.75) is 26.2 Å². The Balaban J connectivity index is 3.08. The van der Waals surface area contributed by atoms with E-state index in [1.807, 2.05) is 13.0 Å². The molecular weight excluding hydrogens is 166 g/mol. The van der Waals surface area contributed by atoms with E-state index in [4.69, 9.17) is 10.9 Å². The monoisotopic (exact) mass is 185 g/mol. The average molecular weight is 185 g/mol. The predicted octanol–water partition coefficient (Wildman–Crippen LogP) is 1.07. The van der Waals surface area contributed by atoms with Crippen LogP contribution in [0.1, 0.15) is 26.2 Å². The van der Waals surface area contributed by atoms with E-state index in [1.165, 1.54) is 0 Å². The molecule has 0 atom stereocenters. The molecule has 0 spiro atoms. The van der Waals surface area contributed by atoms with Crippen LogP contribution in [0, 0.1) is 0 Å². The lowest BCUT2D eigenvalue weighted by atomic mass is 10.3. The molecule has 0 aromatic rings. The number of allylic oxidation sites excluding steroid dienone is 1. The first kappa shape index (κ1) is 12.0. The Hall–Kier alpha value is -1.03. The number of oxime groups is 1. The fourth-order valence-corrected chi connectivity index (χ4v) is 0.922. The molecule has 0 bridgehead atoms. The van der Waals surface area contributed by atoms with Gasteiger partial charge in [-0.05, 0) is 32.9 Å². The topological polar surface area (TPSA) is 70.6 Å². The summed E-state index contributed by atoms with van der Waals surface area (Å²) in [6.45, 7) is 3.91. The fourth-order valence-electron chi connectivity index (χ4n) is 0.922. The predicted molar refractivity (Wildman–Crippen MR) is 54.9 cm³/mol. The van der Waals surface area contributed by atoms with Crippen molar-refractivity contribution >= 4 is 5.84 Å². The number of amidine groups is 1. The number of hydrogen-bond donors (Lipinski definition) is 3. The van der Waals surface area contributed by atoms with Crippen LogP contribution < -0.4 is 11.1 Å². The SMILES string of the molecule is C/C=C/CCNCCC/C(N)=N/O. The minimum Gasteiger partial charge on any atom is -0.409 e. The van der Waals surface area contributed by atoms with Crippen molar-refractivity contribution in [2.75, 3.05) is 13.1 Å². The Morgan fingerprint density at radius 3 is 2.92 bits per heavy atom. The highest BCUT2D eigenvalue weighted by Gasteiger charge is 1.92. The van der Waals surface area contributed by atoms with Gasteiger partial charge in [-0.25, -0.2) is 0 Å². The second-order valence-electron chi connectivity index (χ2n) is 2.80. The maximum absolute atomic E-state index is 8.24. The Labute approximate surface area is 79.5 Å². The molecule has 0 aliphatic heterocycles. The Morgan fingerprint density at radius 2 is 2.31 bits per heavy atom. The summed E-state index contributed by atoms with van der Waals surface area (Å²) in [6, 6.07) is 0. The van der Waals surface area contributed by atoms with E-state index in [2.05, 4.69) is 16.5 Å². The van der Waals surface area contributed by atoms with Gasteiger partial charge in [0, 0.05) is 6.42 Å². The van der Waals surface area contributed by atoms with Crippen LogP contribution in [-0.4, -0.2) is 24.1 Å². The van der Waals surface area contributed by atoms with Crippen LogP contribution in [0.2, 0.25) is 0 Å². The molecule has 0 aliphatic carbocycles. The molecule has 4 heteroatoms. The van der Waals surface area contributed by atoms with Crippen molar-refractivity contribution in [3.63, 3.8) is 0 Å². The minimum atomic E-state index is 0.301. The first-order valence-electron chi connectivity index (χ1n) is 4.59. The van der Waals surface area contributed by atoms with E-state index in [-0.39, 0.29) is 0 Å². The van der Waals surface area contributed by atoms with Gasteiger partial charge in [0.05, 0.1) is 0 Å². The third kappa shape index (κ3) is 8.88. The molecule has 0 unspecified atom stereocenters. The van der Waals surface area contributed by atoms with E-state index < -0.39 is 0 Å². The number of nitrogens with one attached hydrogen (secondary N) is 1. The van der Waals surface area contributed by atoms with Gasteiger partial charge >= 0.3 is 0 Å². The van der Waals surface area contributed by atoms with E-state index >= 15 is 0 Å². The van der Waals surface area contributed by atoms with Gasteiger partial charge in [0.2, 0.25) is 0 Å². The fraction of sp³-hybridized carbons (Fsp3) is 0.667. The molecule has 0 aliphatic rings. The first-order chi connectivity index (χ1) is 6.31. The summed E-state index contributed by atoms with van der Waals surface area (Å²) in [4.78, 5) is 0. The van der Waals surface area contributed by atoms with Crippen LogP contribution in [0.15, 0.2) is 17.3 Å². The maximum atomic E-state index is 8.24. The van der Waals surface area contributed by atoms with Crippen molar-refractivity contribution in [1.29, 1.82) is 0 Å². The quantitative estimate of drug-likeness (QED) is 0.139. The average Bonchev–Trinajstić information content (AvgIpc) is 2.16. The Morgan fingerprint density at radius 1 is 1.54 bits per heavy atom. The molecule has 13 heavy (non-hydrogen) atoms. The summed E-state index contributed by atoms with van der Waals surface area (Å²) in [5.41, 5.74) is 5.30. The summed E-state index contributed by atoms with van der Waals surface area (Å²) < 4.78 is 0. The highest BCUT2D eigenvalue weighted by Crippen LogP contribution is 1.87. The lowest BCUT2D eigenvalue weighted by Crippen LogP contribution is -2.19. The molecule has 0 aromatic carbocycles. The molecule has 0 aromatic heterocycles. The van der Waals surface area contributed by atoms with E-state index in [1.54, 1.807) is 0 Å². The van der Waals surface area contributed by atoms with E-state index in [9.17, 15) is 0 Å². The van der Waals surface area contributed by atoms with Crippen molar-refractivity contribution in [3.05, 3.63) is 12.2 Å². The first-order valence-corrected chi connectivity index (χ1v) is 4.59. The summed E-state index contributed by atoms with van der Waals surface area (Å²) >= 11 is 0. The van der Waals surface area contributed by atoms with Crippen LogP contribution in [0.3, 0.4) is 0 Å². The normalized spacial score (nSPS) is 12.5. The third-order valence-electron chi connectivity index (χ3n) is 1.64. The van der Waals surface area contributed by atoms with Gasteiger partial charge in [-0.3, -0.25) is 0 Å². The molecule has 4 N–H and O–H groups in total. The van der Waals surface area contributed by atoms with Gasteiger partial charge in [-0.15, -0.1) is 0 Å². The van der Waals surface area contributed by atoms with Crippen molar-refractivity contribution < 1.29 is 5.21 Å². The van der Waals surface area contributed by atoms with Gasteiger partial charge in [0.25, 0.3) is 0 Å². The Bertz CT molecular complexity index is 166. The number of nitrogens with zero attached hydrogens (tertiary/aromatic N) is 1. The summed E-state index contributed by atoms with van der Waals surface area (Å²) in [6.07, 6.45) is 6.77. The highest BCUT2D eigenvalue weighted by atomic mass is 16.4. The Kier molecular flexibility index (Phi) is 8.34. The van der Waals surface area contributed by atoms with Gasteiger partial charge in [-0.1, -0.05) is 17.3 Å². The zero-order chi connectivity index (χ0) is 9.94. The van der Waals surface area contributed by atoms with E-state index in [0.717, 1.165) is 25.9 Å². The summed E-state index contributed by atoms with van der Waals surface area (Å²) in [7, 11) is 0. The van der Waals surface area contributed by atoms with Crippen molar-refractivity contribution in [1.82, 2.24) is 5.32 Å². The van der Waals surface area contributed by atoms with Crippen LogP contribution in [0.5, 0.6) is 0 Å². The molecule has 0 amide bonds. The zero-order valence-electron chi connectivity index (χ0n) is 8.16. The molecular formula is C9H19N3O. The summed E-state index contributed by atoms with van der Waals surface area (Å²) in [5.74, 6) is 0.301. The van der Waals surface area contributed by atoms with Gasteiger partial charge < -0.3 is 16.3 Å². The molecule has 0 saturated carbocycles. The van der Waals surface area contributed by atoms with Crippen molar-refractivity contribution in [2.24, 2.45) is 10.9 Å². The lowest BCUT2D eigenvalue weighted by Gasteiger charge is -2.01. The van der Waals surface area contributed by atoms with Gasteiger partial charge in [-0.2, -0.15) is 0 Å². The molecule has 0 radical (unpaired) electrons. The number of nitrogens with two attached hydrogens (primary N) is 1. The zero-order valence-corrected chi connectivity index (χ0v) is 8.16. The molecule has 0 saturated heterocycles. The number of rotatable bonds is 7. The molecule has 76 valence electrons. The molecule has 0 heterocycles. The van der Waals surface area contributed by atoms with E-state index in [0.29, 0.717) is 12.3 Å². The van der Waals surface area contributed by atoms with Crippen LogP contribution in [0.25, 0.3) is 0 Å². The van der Waals surface area contributed by atoms with Crippen LogP contribution in [-0.2, 0) is 0 Å². The highest BCUT2D eigenvalue weighted by molar-refractivity contribution is 5.79.